The third-order valence-electron chi connectivity index (χ3n) is 4.14. The lowest BCUT2D eigenvalue weighted by atomic mass is 9.79. The summed E-state index contributed by atoms with van der Waals surface area (Å²) in [5, 5.41) is 8.86. The third kappa shape index (κ3) is 3.69. The minimum Gasteiger partial charge on any atom is -0.478 e. The molecule has 19 heavy (non-hydrogen) atoms. The molecule has 0 amide bonds. The maximum Gasteiger partial charge on any atom is 0.331 e. The molecule has 0 saturated heterocycles. The molecule has 102 valence electrons. The van der Waals surface area contributed by atoms with Crippen molar-refractivity contribution in [1.82, 2.24) is 0 Å². The van der Waals surface area contributed by atoms with E-state index >= 15 is 0 Å². The van der Waals surface area contributed by atoms with E-state index in [2.05, 4.69) is 19.1 Å². The number of carboxylic acids is 1. The fourth-order valence-electron chi connectivity index (χ4n) is 2.77. The standard InChI is InChI=1S/C17H22O2/c1-12-3-7-15(8-4-12)16-9-5-14(6-10-16)11-13(2)17(18)19/h5-6,9-12,15H,3-4,7-8H2,1-2H3,(H,18,19). The normalized spacial score (nSPS) is 24.2. The van der Waals surface area contributed by atoms with Gasteiger partial charge in [0.15, 0.2) is 0 Å². The Balaban J connectivity index is 2.06. The van der Waals surface area contributed by atoms with Crippen molar-refractivity contribution in [1.29, 1.82) is 0 Å². The van der Waals surface area contributed by atoms with Crippen LogP contribution in [0.4, 0.5) is 0 Å². The van der Waals surface area contributed by atoms with Crippen LogP contribution < -0.4 is 0 Å². The average molecular weight is 258 g/mol. The number of rotatable bonds is 3. The molecule has 0 spiro atoms. The topological polar surface area (TPSA) is 37.3 Å². The van der Waals surface area contributed by atoms with Gasteiger partial charge in [-0.25, -0.2) is 4.79 Å². The summed E-state index contributed by atoms with van der Waals surface area (Å²) in [6.45, 7) is 3.96. The Hall–Kier alpha value is -1.57. The smallest absolute Gasteiger partial charge is 0.331 e. The highest BCUT2D eigenvalue weighted by Crippen LogP contribution is 2.35. The highest BCUT2D eigenvalue weighted by Gasteiger charge is 2.19. The average Bonchev–Trinajstić information content (AvgIpc) is 2.40. The number of carbonyl (C=O) groups is 1. The van der Waals surface area contributed by atoms with E-state index in [0.29, 0.717) is 11.5 Å². The lowest BCUT2D eigenvalue weighted by Gasteiger charge is -2.26. The van der Waals surface area contributed by atoms with Crippen molar-refractivity contribution >= 4 is 12.0 Å². The molecule has 1 N–H and O–H groups in total. The predicted molar refractivity (Wildman–Crippen MR) is 78.1 cm³/mol. The first-order valence-electron chi connectivity index (χ1n) is 7.08. The van der Waals surface area contributed by atoms with E-state index in [1.807, 2.05) is 12.1 Å². The zero-order chi connectivity index (χ0) is 13.8. The van der Waals surface area contributed by atoms with Crippen LogP contribution in [-0.4, -0.2) is 11.1 Å². The van der Waals surface area contributed by atoms with Crippen LogP contribution in [0.3, 0.4) is 0 Å². The number of carboxylic acid groups (broad SMARTS) is 1. The quantitative estimate of drug-likeness (QED) is 0.812. The van der Waals surface area contributed by atoms with Crippen molar-refractivity contribution in [3.05, 3.63) is 41.0 Å². The summed E-state index contributed by atoms with van der Waals surface area (Å²) < 4.78 is 0. The van der Waals surface area contributed by atoms with Crippen molar-refractivity contribution in [3.8, 4) is 0 Å². The van der Waals surface area contributed by atoms with Gasteiger partial charge < -0.3 is 5.11 Å². The number of hydrogen-bond acceptors (Lipinski definition) is 1. The first kappa shape index (κ1) is 13.9. The SMILES string of the molecule is CC(=Cc1ccc(C2CCC(C)CC2)cc1)C(=O)O. The maximum atomic E-state index is 10.8. The summed E-state index contributed by atoms with van der Waals surface area (Å²) >= 11 is 0. The first-order chi connectivity index (χ1) is 9.06. The van der Waals surface area contributed by atoms with Crippen LogP contribution in [0.5, 0.6) is 0 Å². The highest BCUT2D eigenvalue weighted by atomic mass is 16.4. The van der Waals surface area contributed by atoms with Crippen LogP contribution in [0.1, 0.15) is 56.6 Å². The van der Waals surface area contributed by atoms with Crippen molar-refractivity contribution in [2.24, 2.45) is 5.92 Å². The van der Waals surface area contributed by atoms with Gasteiger partial charge in [-0.05, 0) is 48.8 Å². The predicted octanol–water partition coefficient (Wildman–Crippen LogP) is 4.47. The van der Waals surface area contributed by atoms with Crippen molar-refractivity contribution in [2.75, 3.05) is 0 Å². The molecule has 0 aliphatic heterocycles. The number of aliphatic carboxylic acids is 1. The first-order valence-corrected chi connectivity index (χ1v) is 7.08. The lowest BCUT2D eigenvalue weighted by molar-refractivity contribution is -0.132. The van der Waals surface area contributed by atoms with Gasteiger partial charge in [0.05, 0.1) is 0 Å². The van der Waals surface area contributed by atoms with Gasteiger partial charge in [0.2, 0.25) is 0 Å². The van der Waals surface area contributed by atoms with E-state index < -0.39 is 5.97 Å². The van der Waals surface area contributed by atoms with Gasteiger partial charge in [-0.3, -0.25) is 0 Å². The maximum absolute atomic E-state index is 10.8. The van der Waals surface area contributed by atoms with Gasteiger partial charge in [0.1, 0.15) is 0 Å². The summed E-state index contributed by atoms with van der Waals surface area (Å²) in [4.78, 5) is 10.8. The summed E-state index contributed by atoms with van der Waals surface area (Å²) in [5.74, 6) is 0.705. The van der Waals surface area contributed by atoms with E-state index in [1.165, 1.54) is 31.2 Å². The second-order valence-corrected chi connectivity index (χ2v) is 5.76. The Morgan fingerprint density at radius 3 is 2.26 bits per heavy atom. The Bertz CT molecular complexity index is 463. The Morgan fingerprint density at radius 2 is 1.74 bits per heavy atom. The van der Waals surface area contributed by atoms with Crippen LogP contribution in [0, 0.1) is 5.92 Å². The van der Waals surface area contributed by atoms with Gasteiger partial charge in [-0.15, -0.1) is 0 Å². The fraction of sp³-hybridized carbons (Fsp3) is 0.471. The molecule has 1 aliphatic carbocycles. The largest absolute Gasteiger partial charge is 0.478 e. The molecule has 2 nitrogen and oxygen atoms in total. The molecular formula is C17H22O2. The molecule has 0 radical (unpaired) electrons. The van der Waals surface area contributed by atoms with E-state index in [-0.39, 0.29) is 0 Å². The Labute approximate surface area is 115 Å². The summed E-state index contributed by atoms with van der Waals surface area (Å²) in [6, 6.07) is 8.36. The molecule has 0 heterocycles. The molecule has 1 aromatic rings. The number of benzene rings is 1. The third-order valence-corrected chi connectivity index (χ3v) is 4.14. The zero-order valence-electron chi connectivity index (χ0n) is 11.7. The van der Waals surface area contributed by atoms with E-state index in [1.54, 1.807) is 13.0 Å². The van der Waals surface area contributed by atoms with Crippen molar-refractivity contribution in [3.63, 3.8) is 0 Å². The van der Waals surface area contributed by atoms with Gasteiger partial charge in [-0.2, -0.15) is 0 Å². The molecular weight excluding hydrogens is 236 g/mol. The molecule has 0 bridgehead atoms. The lowest BCUT2D eigenvalue weighted by Crippen LogP contribution is -2.10. The monoisotopic (exact) mass is 258 g/mol. The number of hydrogen-bond donors (Lipinski definition) is 1. The fourth-order valence-corrected chi connectivity index (χ4v) is 2.77. The molecule has 1 aromatic carbocycles. The second kappa shape index (κ2) is 6.05. The minimum atomic E-state index is -0.856. The van der Waals surface area contributed by atoms with Crippen molar-refractivity contribution in [2.45, 2.75) is 45.4 Å². The summed E-state index contributed by atoms with van der Waals surface area (Å²) in [5.41, 5.74) is 2.74. The van der Waals surface area contributed by atoms with Crippen LogP contribution in [0.2, 0.25) is 0 Å². The van der Waals surface area contributed by atoms with Gasteiger partial charge in [-0.1, -0.05) is 44.0 Å². The van der Waals surface area contributed by atoms with Gasteiger partial charge >= 0.3 is 5.97 Å². The van der Waals surface area contributed by atoms with Gasteiger partial charge in [0, 0.05) is 5.57 Å². The molecule has 1 aliphatic rings. The molecule has 0 aromatic heterocycles. The van der Waals surface area contributed by atoms with Gasteiger partial charge in [0.25, 0.3) is 0 Å². The van der Waals surface area contributed by atoms with Crippen LogP contribution in [0.25, 0.3) is 6.08 Å². The minimum absolute atomic E-state index is 0.374. The summed E-state index contributed by atoms with van der Waals surface area (Å²) in [6.07, 6.45) is 6.93. The van der Waals surface area contributed by atoms with Crippen LogP contribution >= 0.6 is 0 Å². The van der Waals surface area contributed by atoms with E-state index in [9.17, 15) is 4.79 Å². The molecule has 0 atom stereocenters. The highest BCUT2D eigenvalue weighted by molar-refractivity contribution is 5.91. The molecule has 1 fully saturated rings. The van der Waals surface area contributed by atoms with Crippen molar-refractivity contribution < 1.29 is 9.90 Å². The molecule has 1 saturated carbocycles. The Kier molecular flexibility index (Phi) is 4.41. The Morgan fingerprint density at radius 1 is 1.16 bits per heavy atom. The second-order valence-electron chi connectivity index (χ2n) is 5.76. The molecule has 0 unspecified atom stereocenters. The van der Waals surface area contributed by atoms with E-state index in [0.717, 1.165) is 11.5 Å². The summed E-state index contributed by atoms with van der Waals surface area (Å²) in [7, 11) is 0. The molecule has 2 rings (SSSR count). The van der Waals surface area contributed by atoms with E-state index in [4.69, 9.17) is 5.11 Å². The zero-order valence-corrected chi connectivity index (χ0v) is 11.7. The van der Waals surface area contributed by atoms with Crippen LogP contribution in [-0.2, 0) is 4.79 Å². The van der Waals surface area contributed by atoms with Crippen LogP contribution in [0.15, 0.2) is 29.8 Å². The molecule has 2 heteroatoms.